The third-order valence-corrected chi connectivity index (χ3v) is 3.06. The number of hydrogen-bond donors (Lipinski definition) is 1. The smallest absolute Gasteiger partial charge is 0.122 e. The predicted molar refractivity (Wildman–Crippen MR) is 71.9 cm³/mol. The van der Waals surface area contributed by atoms with E-state index in [0.29, 0.717) is 5.92 Å². The normalized spacial score (nSPS) is 12.2. The van der Waals surface area contributed by atoms with Crippen LogP contribution in [0.15, 0.2) is 22.7 Å². The van der Waals surface area contributed by atoms with Gasteiger partial charge in [-0.2, -0.15) is 5.26 Å². The Labute approximate surface area is 111 Å². The molecule has 17 heavy (non-hydrogen) atoms. The maximum Gasteiger partial charge on any atom is 0.122 e. The summed E-state index contributed by atoms with van der Waals surface area (Å²) in [5.74, 6) is 1.30. The van der Waals surface area contributed by atoms with Crippen LogP contribution in [0.1, 0.15) is 25.5 Å². The SMILES string of the molecule is COc1ccc(C(C#N)NCC(C)C)c(Br)c1. The first-order chi connectivity index (χ1) is 8.08. The molecule has 1 N–H and O–H groups in total. The Morgan fingerprint density at radius 3 is 2.65 bits per heavy atom. The van der Waals surface area contributed by atoms with Crippen molar-refractivity contribution in [3.05, 3.63) is 28.2 Å². The van der Waals surface area contributed by atoms with Crippen molar-refractivity contribution in [1.29, 1.82) is 5.26 Å². The van der Waals surface area contributed by atoms with E-state index in [1.165, 1.54) is 0 Å². The largest absolute Gasteiger partial charge is 0.497 e. The standard InChI is InChI=1S/C13H17BrN2O/c1-9(2)8-16-13(7-15)11-5-4-10(17-3)6-12(11)14/h4-6,9,13,16H,8H2,1-3H3. The third kappa shape index (κ3) is 4.03. The van der Waals surface area contributed by atoms with Crippen molar-refractivity contribution in [2.75, 3.05) is 13.7 Å². The number of nitriles is 1. The van der Waals surface area contributed by atoms with Crippen LogP contribution in [0.2, 0.25) is 0 Å². The molecule has 0 aliphatic rings. The summed E-state index contributed by atoms with van der Waals surface area (Å²) in [6.45, 7) is 5.05. The van der Waals surface area contributed by atoms with Gasteiger partial charge < -0.3 is 4.74 Å². The number of halogens is 1. The quantitative estimate of drug-likeness (QED) is 0.907. The van der Waals surface area contributed by atoms with Crippen LogP contribution in [0.5, 0.6) is 5.75 Å². The maximum absolute atomic E-state index is 9.18. The maximum atomic E-state index is 9.18. The lowest BCUT2D eigenvalue weighted by Crippen LogP contribution is -2.24. The lowest BCUT2D eigenvalue weighted by atomic mass is 10.1. The van der Waals surface area contributed by atoms with Gasteiger partial charge in [-0.3, -0.25) is 5.32 Å². The molecular weight excluding hydrogens is 280 g/mol. The molecule has 0 spiro atoms. The van der Waals surface area contributed by atoms with Crippen molar-refractivity contribution in [3.63, 3.8) is 0 Å². The van der Waals surface area contributed by atoms with E-state index in [-0.39, 0.29) is 6.04 Å². The van der Waals surface area contributed by atoms with Gasteiger partial charge in [0, 0.05) is 4.47 Å². The van der Waals surface area contributed by atoms with Crippen molar-refractivity contribution in [1.82, 2.24) is 5.32 Å². The molecule has 3 nitrogen and oxygen atoms in total. The lowest BCUT2D eigenvalue weighted by molar-refractivity contribution is 0.414. The first-order valence-corrected chi connectivity index (χ1v) is 6.34. The molecule has 0 radical (unpaired) electrons. The highest BCUT2D eigenvalue weighted by Crippen LogP contribution is 2.27. The summed E-state index contributed by atoms with van der Waals surface area (Å²) in [4.78, 5) is 0. The molecule has 1 aromatic carbocycles. The highest BCUT2D eigenvalue weighted by molar-refractivity contribution is 9.10. The Kier molecular flexibility index (Phi) is 5.46. The van der Waals surface area contributed by atoms with Crippen LogP contribution in [-0.2, 0) is 0 Å². The molecule has 1 rings (SSSR count). The Bertz CT molecular complexity index is 412. The molecule has 0 aromatic heterocycles. The Balaban J connectivity index is 2.85. The van der Waals surface area contributed by atoms with E-state index in [2.05, 4.69) is 41.2 Å². The molecule has 1 unspecified atom stereocenters. The highest BCUT2D eigenvalue weighted by atomic mass is 79.9. The summed E-state index contributed by atoms with van der Waals surface area (Å²) in [7, 11) is 1.63. The molecule has 0 saturated carbocycles. The summed E-state index contributed by atoms with van der Waals surface area (Å²) < 4.78 is 6.02. The summed E-state index contributed by atoms with van der Waals surface area (Å²) >= 11 is 3.47. The molecule has 1 aromatic rings. The number of nitrogens with one attached hydrogen (secondary N) is 1. The van der Waals surface area contributed by atoms with Crippen molar-refractivity contribution in [3.8, 4) is 11.8 Å². The minimum Gasteiger partial charge on any atom is -0.497 e. The van der Waals surface area contributed by atoms with Crippen LogP contribution in [0.25, 0.3) is 0 Å². The second-order valence-electron chi connectivity index (χ2n) is 4.25. The van der Waals surface area contributed by atoms with Crippen LogP contribution in [0.4, 0.5) is 0 Å². The zero-order chi connectivity index (χ0) is 12.8. The van der Waals surface area contributed by atoms with Crippen LogP contribution < -0.4 is 10.1 Å². The van der Waals surface area contributed by atoms with Gasteiger partial charge in [0.25, 0.3) is 0 Å². The van der Waals surface area contributed by atoms with E-state index < -0.39 is 0 Å². The predicted octanol–water partition coefficient (Wildman–Crippen LogP) is 3.27. The van der Waals surface area contributed by atoms with E-state index in [9.17, 15) is 5.26 Å². The number of rotatable bonds is 5. The average molecular weight is 297 g/mol. The second-order valence-corrected chi connectivity index (χ2v) is 5.11. The Morgan fingerprint density at radius 2 is 2.18 bits per heavy atom. The number of nitrogens with zero attached hydrogens (tertiary/aromatic N) is 1. The van der Waals surface area contributed by atoms with Crippen LogP contribution >= 0.6 is 15.9 Å². The van der Waals surface area contributed by atoms with Gasteiger partial charge in [0.15, 0.2) is 0 Å². The van der Waals surface area contributed by atoms with Gasteiger partial charge in [-0.25, -0.2) is 0 Å². The van der Waals surface area contributed by atoms with Gasteiger partial charge in [-0.15, -0.1) is 0 Å². The first kappa shape index (κ1) is 14.0. The molecule has 0 saturated heterocycles. The number of hydrogen-bond acceptors (Lipinski definition) is 3. The van der Waals surface area contributed by atoms with E-state index in [4.69, 9.17) is 4.74 Å². The minimum absolute atomic E-state index is 0.294. The minimum atomic E-state index is -0.294. The van der Waals surface area contributed by atoms with Gasteiger partial charge in [0.1, 0.15) is 11.8 Å². The monoisotopic (exact) mass is 296 g/mol. The Hall–Kier alpha value is -1.05. The van der Waals surface area contributed by atoms with Crippen molar-refractivity contribution in [2.24, 2.45) is 5.92 Å². The zero-order valence-corrected chi connectivity index (χ0v) is 11.9. The van der Waals surface area contributed by atoms with E-state index in [1.54, 1.807) is 7.11 Å². The summed E-state index contributed by atoms with van der Waals surface area (Å²) in [6, 6.07) is 7.62. The zero-order valence-electron chi connectivity index (χ0n) is 10.3. The fourth-order valence-corrected chi connectivity index (χ4v) is 2.03. The van der Waals surface area contributed by atoms with Gasteiger partial charge in [-0.1, -0.05) is 35.8 Å². The van der Waals surface area contributed by atoms with Crippen LogP contribution in [0, 0.1) is 17.2 Å². The molecule has 1 atom stereocenters. The van der Waals surface area contributed by atoms with Crippen molar-refractivity contribution in [2.45, 2.75) is 19.9 Å². The van der Waals surface area contributed by atoms with Crippen LogP contribution in [0.3, 0.4) is 0 Å². The number of benzene rings is 1. The molecule has 92 valence electrons. The third-order valence-electron chi connectivity index (χ3n) is 2.38. The Morgan fingerprint density at radius 1 is 1.47 bits per heavy atom. The molecule has 0 fully saturated rings. The van der Waals surface area contributed by atoms with E-state index >= 15 is 0 Å². The van der Waals surface area contributed by atoms with E-state index in [0.717, 1.165) is 22.3 Å². The molecule has 0 aliphatic carbocycles. The number of methoxy groups -OCH3 is 1. The van der Waals surface area contributed by atoms with Crippen molar-refractivity contribution < 1.29 is 4.74 Å². The van der Waals surface area contributed by atoms with Gasteiger partial charge in [-0.05, 0) is 30.2 Å². The molecular formula is C13H17BrN2O. The molecule has 4 heteroatoms. The fourth-order valence-electron chi connectivity index (χ4n) is 1.45. The topological polar surface area (TPSA) is 45.0 Å². The molecule has 0 bridgehead atoms. The van der Waals surface area contributed by atoms with Gasteiger partial charge in [0.2, 0.25) is 0 Å². The molecule has 0 amide bonds. The highest BCUT2D eigenvalue weighted by Gasteiger charge is 2.14. The van der Waals surface area contributed by atoms with Gasteiger partial charge >= 0.3 is 0 Å². The molecule has 0 aliphatic heterocycles. The van der Waals surface area contributed by atoms with Crippen molar-refractivity contribution >= 4 is 15.9 Å². The number of ether oxygens (including phenoxy) is 1. The van der Waals surface area contributed by atoms with Crippen LogP contribution in [-0.4, -0.2) is 13.7 Å². The summed E-state index contributed by atoms with van der Waals surface area (Å²) in [5.41, 5.74) is 0.939. The van der Waals surface area contributed by atoms with E-state index in [1.807, 2.05) is 18.2 Å². The molecule has 0 heterocycles. The first-order valence-electron chi connectivity index (χ1n) is 5.55. The lowest BCUT2D eigenvalue weighted by Gasteiger charge is -2.15. The summed E-state index contributed by atoms with van der Waals surface area (Å²) in [6.07, 6.45) is 0. The second kappa shape index (κ2) is 6.63. The summed E-state index contributed by atoms with van der Waals surface area (Å²) in [5, 5.41) is 12.4. The van der Waals surface area contributed by atoms with Gasteiger partial charge in [0.05, 0.1) is 13.2 Å². The average Bonchev–Trinajstić information content (AvgIpc) is 2.31. The fraction of sp³-hybridized carbons (Fsp3) is 0.462.